The van der Waals surface area contributed by atoms with Crippen LogP contribution in [0.3, 0.4) is 0 Å². The third-order valence-electron chi connectivity index (χ3n) is 2.91. The molecule has 120 valence electrons. The van der Waals surface area contributed by atoms with Crippen molar-refractivity contribution in [2.75, 3.05) is 5.32 Å². The summed E-state index contributed by atoms with van der Waals surface area (Å²) < 4.78 is -0.729. The van der Waals surface area contributed by atoms with Crippen LogP contribution in [0.15, 0.2) is 41.8 Å². The number of hydrogen-bond acceptors (Lipinski definition) is 5. The maximum atomic E-state index is 12.2. The summed E-state index contributed by atoms with van der Waals surface area (Å²) in [5, 5.41) is 8.04. The molecule has 0 bridgehead atoms. The number of alkyl halides is 3. The summed E-state index contributed by atoms with van der Waals surface area (Å²) in [6.45, 7) is 0. The molecule has 0 fully saturated rings. The number of amides is 1. The first-order chi connectivity index (χ1) is 10.9. The van der Waals surface area contributed by atoms with Crippen molar-refractivity contribution in [3.63, 3.8) is 0 Å². The van der Waals surface area contributed by atoms with E-state index in [1.165, 1.54) is 22.7 Å². The lowest BCUT2D eigenvalue weighted by atomic mass is 10.3. The topological polar surface area (TPSA) is 54.0 Å². The lowest BCUT2D eigenvalue weighted by Crippen LogP contribution is -2.48. The third kappa shape index (κ3) is 4.08. The Balaban J connectivity index is 1.80. The van der Waals surface area contributed by atoms with Gasteiger partial charge in [-0.25, -0.2) is 4.98 Å². The van der Waals surface area contributed by atoms with E-state index in [0.29, 0.717) is 10.0 Å². The van der Waals surface area contributed by atoms with Crippen LogP contribution >= 0.6 is 57.5 Å². The smallest absolute Gasteiger partial charge is 0.263 e. The maximum Gasteiger partial charge on any atom is 0.263 e. The number of carbonyl (C=O) groups excluding carboxylic acids is 1. The SMILES string of the molecule is O=C(NC(Nc1nc2ccccc2s1)C(Cl)(Cl)Cl)c1cccs1. The fraction of sp³-hybridized carbons (Fsp3) is 0.143. The molecule has 1 amide bonds. The highest BCUT2D eigenvalue weighted by Gasteiger charge is 2.35. The normalized spacial score (nSPS) is 13.0. The van der Waals surface area contributed by atoms with Crippen LogP contribution in [0, 0.1) is 0 Å². The van der Waals surface area contributed by atoms with Crippen LogP contribution in [0.5, 0.6) is 0 Å². The highest BCUT2D eigenvalue weighted by Crippen LogP contribution is 2.33. The number of halogens is 3. The Labute approximate surface area is 155 Å². The van der Waals surface area contributed by atoms with E-state index in [1.54, 1.807) is 17.5 Å². The summed E-state index contributed by atoms with van der Waals surface area (Å²) in [6, 6.07) is 11.2. The van der Waals surface area contributed by atoms with E-state index in [-0.39, 0.29) is 5.91 Å². The third-order valence-corrected chi connectivity index (χ3v) is 5.40. The molecule has 2 N–H and O–H groups in total. The lowest BCUT2D eigenvalue weighted by Gasteiger charge is -2.25. The summed E-state index contributed by atoms with van der Waals surface area (Å²) in [7, 11) is 0. The second-order valence-corrected chi connectivity index (χ2v) is 8.90. The zero-order valence-electron chi connectivity index (χ0n) is 11.4. The van der Waals surface area contributed by atoms with E-state index in [9.17, 15) is 4.79 Å². The van der Waals surface area contributed by atoms with Gasteiger partial charge in [0.2, 0.25) is 3.79 Å². The van der Waals surface area contributed by atoms with E-state index in [1.807, 2.05) is 24.3 Å². The first-order valence-electron chi connectivity index (χ1n) is 6.47. The van der Waals surface area contributed by atoms with Crippen LogP contribution in [-0.4, -0.2) is 20.8 Å². The fourth-order valence-corrected chi connectivity index (χ4v) is 3.72. The molecule has 0 aliphatic heterocycles. The molecular formula is C14H10Cl3N3OS2. The standard InChI is InChI=1S/C14H10Cl3N3OS2/c15-14(16,17)12(19-11(21)10-6-3-7-22-10)20-13-18-8-4-1-2-5-9(8)23-13/h1-7,12H,(H,18,20)(H,19,21). The zero-order chi connectivity index (χ0) is 16.4. The molecule has 1 unspecified atom stereocenters. The predicted octanol–water partition coefficient (Wildman–Crippen LogP) is 4.90. The number of para-hydroxylation sites is 1. The zero-order valence-corrected chi connectivity index (χ0v) is 15.3. The summed E-state index contributed by atoms with van der Waals surface area (Å²) in [5.41, 5.74) is 0.840. The van der Waals surface area contributed by atoms with Gasteiger partial charge in [-0.1, -0.05) is 64.3 Å². The van der Waals surface area contributed by atoms with Gasteiger partial charge in [0, 0.05) is 0 Å². The van der Waals surface area contributed by atoms with Crippen LogP contribution in [0.4, 0.5) is 5.13 Å². The van der Waals surface area contributed by atoms with Gasteiger partial charge in [-0.2, -0.15) is 0 Å². The second kappa shape index (κ2) is 6.83. The number of nitrogens with one attached hydrogen (secondary N) is 2. The number of thiazole rings is 1. The van der Waals surface area contributed by atoms with Crippen molar-refractivity contribution in [1.82, 2.24) is 10.3 Å². The molecule has 0 spiro atoms. The Morgan fingerprint density at radius 2 is 1.96 bits per heavy atom. The van der Waals surface area contributed by atoms with Crippen LogP contribution in [0.1, 0.15) is 9.67 Å². The molecule has 0 saturated heterocycles. The van der Waals surface area contributed by atoms with E-state index in [4.69, 9.17) is 34.8 Å². The first-order valence-corrected chi connectivity index (χ1v) is 9.30. The number of anilines is 1. The van der Waals surface area contributed by atoms with E-state index >= 15 is 0 Å². The number of thiophene rings is 1. The molecular weight excluding hydrogens is 397 g/mol. The monoisotopic (exact) mass is 405 g/mol. The average Bonchev–Trinajstić information content (AvgIpc) is 3.14. The number of aromatic nitrogens is 1. The van der Waals surface area contributed by atoms with Gasteiger partial charge in [-0.3, -0.25) is 4.79 Å². The van der Waals surface area contributed by atoms with Crippen LogP contribution in [-0.2, 0) is 0 Å². The van der Waals surface area contributed by atoms with Gasteiger partial charge in [-0.15, -0.1) is 11.3 Å². The molecule has 4 nitrogen and oxygen atoms in total. The van der Waals surface area contributed by atoms with Crippen molar-refractivity contribution in [3.05, 3.63) is 46.7 Å². The minimum Gasteiger partial charge on any atom is -0.338 e. The number of nitrogens with zero attached hydrogens (tertiary/aromatic N) is 1. The first kappa shape index (κ1) is 16.8. The predicted molar refractivity (Wildman–Crippen MR) is 99.1 cm³/mol. The van der Waals surface area contributed by atoms with Gasteiger partial charge in [0.25, 0.3) is 5.91 Å². The van der Waals surface area contributed by atoms with Crippen LogP contribution in [0.25, 0.3) is 10.2 Å². The van der Waals surface area contributed by atoms with Crippen molar-refractivity contribution >= 4 is 78.7 Å². The Kier molecular flexibility index (Phi) is 4.98. The van der Waals surface area contributed by atoms with Gasteiger partial charge >= 0.3 is 0 Å². The average molecular weight is 407 g/mol. The number of rotatable bonds is 4. The number of fused-ring (bicyclic) bond motifs is 1. The summed E-state index contributed by atoms with van der Waals surface area (Å²) in [4.78, 5) is 17.1. The van der Waals surface area contributed by atoms with Gasteiger partial charge in [0.15, 0.2) is 5.13 Å². The summed E-state index contributed by atoms with van der Waals surface area (Å²) in [5.74, 6) is -0.315. The maximum absolute atomic E-state index is 12.2. The van der Waals surface area contributed by atoms with Crippen LogP contribution < -0.4 is 10.6 Å². The number of carbonyl (C=O) groups is 1. The second-order valence-electron chi connectivity index (χ2n) is 4.56. The largest absolute Gasteiger partial charge is 0.338 e. The Bertz CT molecular complexity index is 781. The van der Waals surface area contributed by atoms with Crippen molar-refractivity contribution < 1.29 is 4.79 Å². The minimum atomic E-state index is -1.73. The Hall–Kier alpha value is -1.05. The molecule has 0 radical (unpaired) electrons. The van der Waals surface area contributed by atoms with Gasteiger partial charge in [0.1, 0.15) is 6.17 Å². The fourth-order valence-electron chi connectivity index (χ4n) is 1.87. The molecule has 0 saturated carbocycles. The van der Waals surface area contributed by atoms with Crippen molar-refractivity contribution in [2.45, 2.75) is 9.96 Å². The molecule has 9 heteroatoms. The molecule has 0 aliphatic carbocycles. The van der Waals surface area contributed by atoms with Crippen LogP contribution in [0.2, 0.25) is 0 Å². The minimum absolute atomic E-state index is 0.315. The molecule has 3 rings (SSSR count). The summed E-state index contributed by atoms with van der Waals surface area (Å²) in [6.07, 6.45) is -0.914. The van der Waals surface area contributed by atoms with Crippen molar-refractivity contribution in [1.29, 1.82) is 0 Å². The number of benzene rings is 1. The molecule has 0 aliphatic rings. The van der Waals surface area contributed by atoms with Crippen molar-refractivity contribution in [3.8, 4) is 0 Å². The lowest BCUT2D eigenvalue weighted by molar-refractivity contribution is 0.0946. The molecule has 1 aromatic carbocycles. The molecule has 23 heavy (non-hydrogen) atoms. The summed E-state index contributed by atoms with van der Waals surface area (Å²) >= 11 is 20.7. The van der Waals surface area contributed by atoms with Crippen molar-refractivity contribution in [2.24, 2.45) is 0 Å². The highest BCUT2D eigenvalue weighted by molar-refractivity contribution is 7.22. The quantitative estimate of drug-likeness (QED) is 0.479. The molecule has 1 atom stereocenters. The van der Waals surface area contributed by atoms with Gasteiger partial charge < -0.3 is 10.6 Å². The van der Waals surface area contributed by atoms with Gasteiger partial charge in [0.05, 0.1) is 15.1 Å². The van der Waals surface area contributed by atoms with E-state index < -0.39 is 9.96 Å². The number of hydrogen-bond donors (Lipinski definition) is 2. The Morgan fingerprint density at radius 3 is 2.61 bits per heavy atom. The van der Waals surface area contributed by atoms with Gasteiger partial charge in [-0.05, 0) is 23.6 Å². The highest BCUT2D eigenvalue weighted by atomic mass is 35.6. The van der Waals surface area contributed by atoms with E-state index in [2.05, 4.69) is 15.6 Å². The molecule has 3 aromatic rings. The van der Waals surface area contributed by atoms with E-state index in [0.717, 1.165) is 10.2 Å². The molecule has 2 heterocycles. The Morgan fingerprint density at radius 1 is 1.17 bits per heavy atom. The molecule has 2 aromatic heterocycles.